The monoisotopic (exact) mass is 267 g/mol. The molecule has 1 aromatic rings. The first-order valence-electron chi connectivity index (χ1n) is 5.97. The Morgan fingerprint density at radius 2 is 2.22 bits per heavy atom. The van der Waals surface area contributed by atoms with Crippen LogP contribution in [0.15, 0.2) is 23.2 Å². The minimum atomic E-state index is 0.0497. The lowest BCUT2D eigenvalue weighted by molar-refractivity contribution is 0.282. The first kappa shape index (κ1) is 13.0. The molecular formula is C13H18ClN3O. The van der Waals surface area contributed by atoms with Crippen molar-refractivity contribution in [2.75, 3.05) is 13.7 Å². The minimum Gasteiger partial charge on any atom is -0.496 e. The molecule has 1 aliphatic heterocycles. The molecule has 18 heavy (non-hydrogen) atoms. The van der Waals surface area contributed by atoms with Gasteiger partial charge in [0.2, 0.25) is 0 Å². The molecule has 0 radical (unpaired) electrons. The third-order valence-electron chi connectivity index (χ3n) is 3.15. The van der Waals surface area contributed by atoms with E-state index in [1.165, 1.54) is 0 Å². The number of nitrogens with two attached hydrogens (primary N) is 1. The molecule has 2 N–H and O–H groups in total. The van der Waals surface area contributed by atoms with Gasteiger partial charge < -0.3 is 15.4 Å². The number of guanidine groups is 1. The summed E-state index contributed by atoms with van der Waals surface area (Å²) in [5.74, 6) is 1.35. The van der Waals surface area contributed by atoms with Gasteiger partial charge in [-0.1, -0.05) is 17.7 Å². The average Bonchev–Trinajstić information content (AvgIpc) is 2.70. The minimum absolute atomic E-state index is 0.0497. The number of hydrogen-bond acceptors (Lipinski definition) is 4. The summed E-state index contributed by atoms with van der Waals surface area (Å²) in [6, 6.07) is 5.97. The van der Waals surface area contributed by atoms with Crippen LogP contribution in [0.2, 0.25) is 5.02 Å². The second-order valence-electron chi connectivity index (χ2n) is 4.57. The topological polar surface area (TPSA) is 50.9 Å². The van der Waals surface area contributed by atoms with Crippen molar-refractivity contribution in [3.63, 3.8) is 0 Å². The number of ether oxygens (including phenoxy) is 1. The smallest absolute Gasteiger partial charge is 0.192 e. The molecule has 0 spiro atoms. The molecule has 1 heterocycles. The maximum atomic E-state index is 6.31. The Labute approximate surface area is 112 Å². The molecule has 5 heteroatoms. The van der Waals surface area contributed by atoms with E-state index in [9.17, 15) is 0 Å². The molecule has 1 aromatic carbocycles. The largest absolute Gasteiger partial charge is 0.496 e. The Kier molecular flexibility index (Phi) is 3.66. The highest BCUT2D eigenvalue weighted by Gasteiger charge is 2.32. The highest BCUT2D eigenvalue weighted by Crippen LogP contribution is 2.38. The van der Waals surface area contributed by atoms with Crippen molar-refractivity contribution in [2.24, 2.45) is 10.7 Å². The number of benzene rings is 1. The van der Waals surface area contributed by atoms with E-state index < -0.39 is 0 Å². The van der Waals surface area contributed by atoms with Crippen LogP contribution in [-0.4, -0.2) is 30.6 Å². The van der Waals surface area contributed by atoms with E-state index in [0.29, 0.717) is 17.5 Å². The van der Waals surface area contributed by atoms with E-state index in [-0.39, 0.29) is 12.1 Å². The lowest BCUT2D eigenvalue weighted by Gasteiger charge is -2.31. The third kappa shape index (κ3) is 2.12. The van der Waals surface area contributed by atoms with Crippen molar-refractivity contribution in [3.05, 3.63) is 28.8 Å². The van der Waals surface area contributed by atoms with Gasteiger partial charge in [-0.2, -0.15) is 0 Å². The summed E-state index contributed by atoms with van der Waals surface area (Å²) in [6.07, 6.45) is 0. The third-order valence-corrected chi connectivity index (χ3v) is 3.48. The number of hydrogen-bond donors (Lipinski definition) is 1. The number of nitrogens with zero attached hydrogens (tertiary/aromatic N) is 2. The zero-order valence-electron chi connectivity index (χ0n) is 10.9. The van der Waals surface area contributed by atoms with Crippen molar-refractivity contribution in [3.8, 4) is 5.75 Å². The lowest BCUT2D eigenvalue weighted by atomic mass is 10.0. The summed E-state index contributed by atoms with van der Waals surface area (Å²) < 4.78 is 5.40. The van der Waals surface area contributed by atoms with Crippen LogP contribution in [0, 0.1) is 0 Å². The Hall–Kier alpha value is -1.42. The maximum Gasteiger partial charge on any atom is 0.192 e. The summed E-state index contributed by atoms with van der Waals surface area (Å²) >= 11 is 6.31. The Bertz CT molecular complexity index is 473. The maximum absolute atomic E-state index is 6.31. The van der Waals surface area contributed by atoms with Gasteiger partial charge >= 0.3 is 0 Å². The van der Waals surface area contributed by atoms with Crippen LogP contribution in [0.25, 0.3) is 0 Å². The molecule has 1 aliphatic rings. The average molecular weight is 268 g/mol. The van der Waals surface area contributed by atoms with Gasteiger partial charge in [-0.15, -0.1) is 0 Å². The normalized spacial score (nSPS) is 19.3. The zero-order valence-corrected chi connectivity index (χ0v) is 11.6. The molecule has 98 valence electrons. The predicted molar refractivity (Wildman–Crippen MR) is 74.2 cm³/mol. The molecule has 4 nitrogen and oxygen atoms in total. The van der Waals surface area contributed by atoms with Crippen LogP contribution >= 0.6 is 11.6 Å². The first-order valence-corrected chi connectivity index (χ1v) is 6.34. The highest BCUT2D eigenvalue weighted by atomic mass is 35.5. The molecule has 0 amide bonds. The van der Waals surface area contributed by atoms with E-state index in [0.717, 1.165) is 11.3 Å². The van der Waals surface area contributed by atoms with E-state index in [1.807, 2.05) is 18.2 Å². The van der Waals surface area contributed by atoms with Crippen molar-refractivity contribution >= 4 is 17.6 Å². The number of methoxy groups -OCH3 is 1. The summed E-state index contributed by atoms with van der Waals surface area (Å²) in [5, 5.41) is 0.690. The molecule has 1 unspecified atom stereocenters. The predicted octanol–water partition coefficient (Wildman–Crippen LogP) is 2.43. The second kappa shape index (κ2) is 5.06. The van der Waals surface area contributed by atoms with Crippen LogP contribution < -0.4 is 10.5 Å². The van der Waals surface area contributed by atoms with Crippen LogP contribution in [0.1, 0.15) is 25.5 Å². The van der Waals surface area contributed by atoms with Crippen molar-refractivity contribution < 1.29 is 4.74 Å². The van der Waals surface area contributed by atoms with Crippen molar-refractivity contribution in [1.29, 1.82) is 0 Å². The Morgan fingerprint density at radius 1 is 1.50 bits per heavy atom. The molecule has 2 rings (SSSR count). The van der Waals surface area contributed by atoms with Gasteiger partial charge in [-0.05, 0) is 26.0 Å². The van der Waals surface area contributed by atoms with Gasteiger partial charge in [-0.25, -0.2) is 0 Å². The summed E-state index contributed by atoms with van der Waals surface area (Å²) in [7, 11) is 1.65. The lowest BCUT2D eigenvalue weighted by Crippen LogP contribution is -2.41. The van der Waals surface area contributed by atoms with Gasteiger partial charge in [0.25, 0.3) is 0 Å². The van der Waals surface area contributed by atoms with E-state index in [1.54, 1.807) is 7.11 Å². The summed E-state index contributed by atoms with van der Waals surface area (Å²) in [6.45, 7) is 4.79. The summed E-state index contributed by atoms with van der Waals surface area (Å²) in [4.78, 5) is 6.39. The quantitative estimate of drug-likeness (QED) is 0.915. The van der Waals surface area contributed by atoms with Crippen LogP contribution in [0.4, 0.5) is 0 Å². The molecule has 0 aliphatic carbocycles. The number of aliphatic imine (C=N–C) groups is 1. The van der Waals surface area contributed by atoms with Crippen molar-refractivity contribution in [2.45, 2.75) is 25.9 Å². The number of rotatable bonds is 3. The Morgan fingerprint density at radius 3 is 2.83 bits per heavy atom. The van der Waals surface area contributed by atoms with Crippen LogP contribution in [0.3, 0.4) is 0 Å². The van der Waals surface area contributed by atoms with Gasteiger partial charge in [-0.3, -0.25) is 4.99 Å². The van der Waals surface area contributed by atoms with Gasteiger partial charge in [0.15, 0.2) is 5.96 Å². The van der Waals surface area contributed by atoms with E-state index >= 15 is 0 Å². The van der Waals surface area contributed by atoms with E-state index in [4.69, 9.17) is 22.1 Å². The highest BCUT2D eigenvalue weighted by molar-refractivity contribution is 6.31. The molecule has 0 aromatic heterocycles. The SMILES string of the molecule is COc1cccc(Cl)c1C1CN=C(N)N1C(C)C. The standard InChI is InChI=1S/C13H18ClN3O/c1-8(2)17-10(7-16-13(17)15)12-9(14)5-4-6-11(12)18-3/h4-6,8,10H,7H2,1-3H3,(H2,15,16). The van der Waals surface area contributed by atoms with E-state index in [2.05, 4.69) is 23.7 Å². The molecule has 0 bridgehead atoms. The van der Waals surface area contributed by atoms with Crippen LogP contribution in [-0.2, 0) is 0 Å². The molecule has 0 saturated carbocycles. The molecule has 0 fully saturated rings. The zero-order chi connectivity index (χ0) is 13.3. The second-order valence-corrected chi connectivity index (χ2v) is 4.98. The Balaban J connectivity index is 2.44. The number of halogens is 1. The molecule has 1 atom stereocenters. The first-order chi connectivity index (χ1) is 8.56. The van der Waals surface area contributed by atoms with Gasteiger partial charge in [0, 0.05) is 16.6 Å². The van der Waals surface area contributed by atoms with Gasteiger partial charge in [0.1, 0.15) is 5.75 Å². The summed E-state index contributed by atoms with van der Waals surface area (Å²) in [5.41, 5.74) is 6.90. The fraction of sp³-hybridized carbons (Fsp3) is 0.462. The van der Waals surface area contributed by atoms with Crippen LogP contribution in [0.5, 0.6) is 5.75 Å². The van der Waals surface area contributed by atoms with Gasteiger partial charge in [0.05, 0.1) is 19.7 Å². The fourth-order valence-electron chi connectivity index (χ4n) is 2.38. The molecule has 0 saturated heterocycles. The fourth-order valence-corrected chi connectivity index (χ4v) is 2.67. The molecular weight excluding hydrogens is 250 g/mol. The van der Waals surface area contributed by atoms with Crippen molar-refractivity contribution in [1.82, 2.24) is 4.90 Å².